The van der Waals surface area contributed by atoms with Crippen molar-refractivity contribution in [2.45, 2.75) is 6.92 Å². The third-order valence-electron chi connectivity index (χ3n) is 3.44. The molecule has 0 amide bonds. The van der Waals surface area contributed by atoms with E-state index in [0.717, 1.165) is 22.4 Å². The van der Waals surface area contributed by atoms with Crippen molar-refractivity contribution in [2.24, 2.45) is 4.99 Å². The zero-order valence-electron chi connectivity index (χ0n) is 12.4. The number of aryl methyl sites for hydroxylation is 1. The van der Waals surface area contributed by atoms with Gasteiger partial charge in [-0.1, -0.05) is 24.3 Å². The number of hydrogen-bond donors (Lipinski definition) is 0. The summed E-state index contributed by atoms with van der Waals surface area (Å²) >= 11 is 0. The summed E-state index contributed by atoms with van der Waals surface area (Å²) in [5.74, 6) is 0.617. The Kier molecular flexibility index (Phi) is 3.74. The number of esters is 1. The predicted molar refractivity (Wildman–Crippen MR) is 84.8 cm³/mol. The number of methoxy groups -OCH3 is 1. The Labute approximate surface area is 128 Å². The van der Waals surface area contributed by atoms with E-state index in [9.17, 15) is 4.79 Å². The number of nitrogens with zero attached hydrogens (tertiary/aromatic N) is 1. The van der Waals surface area contributed by atoms with Gasteiger partial charge < -0.3 is 9.47 Å². The fourth-order valence-electron chi connectivity index (χ4n) is 2.16. The maximum Gasteiger partial charge on any atom is 0.363 e. The Morgan fingerprint density at radius 3 is 2.50 bits per heavy atom. The van der Waals surface area contributed by atoms with Crippen LogP contribution >= 0.6 is 0 Å². The summed E-state index contributed by atoms with van der Waals surface area (Å²) in [6, 6.07) is 15.0. The number of carbonyl (C=O) groups excluding carboxylic acids is 1. The summed E-state index contributed by atoms with van der Waals surface area (Å²) in [6.45, 7) is 1.99. The average Bonchev–Trinajstić information content (AvgIpc) is 2.91. The highest BCUT2D eigenvalue weighted by atomic mass is 16.6. The molecule has 4 heteroatoms. The van der Waals surface area contributed by atoms with E-state index < -0.39 is 5.97 Å². The Bertz CT molecular complexity index is 773. The molecule has 0 aliphatic carbocycles. The van der Waals surface area contributed by atoms with Crippen molar-refractivity contribution in [3.8, 4) is 5.75 Å². The molecule has 110 valence electrons. The lowest BCUT2D eigenvalue weighted by atomic mass is 10.1. The number of hydrogen-bond acceptors (Lipinski definition) is 4. The molecule has 1 aliphatic heterocycles. The topological polar surface area (TPSA) is 47.9 Å². The fourth-order valence-corrected chi connectivity index (χ4v) is 2.16. The minimum absolute atomic E-state index is 0.306. The first-order valence-electron chi connectivity index (χ1n) is 6.90. The molecule has 0 aromatic heterocycles. The van der Waals surface area contributed by atoms with Gasteiger partial charge in [-0.25, -0.2) is 9.79 Å². The van der Waals surface area contributed by atoms with Crippen molar-refractivity contribution in [3.63, 3.8) is 0 Å². The first-order chi connectivity index (χ1) is 10.7. The average molecular weight is 293 g/mol. The molecule has 22 heavy (non-hydrogen) atoms. The second-order valence-electron chi connectivity index (χ2n) is 4.92. The van der Waals surface area contributed by atoms with Gasteiger partial charge in [0.15, 0.2) is 5.70 Å². The van der Waals surface area contributed by atoms with Gasteiger partial charge in [-0.3, -0.25) is 0 Å². The number of cyclic esters (lactones) is 1. The summed E-state index contributed by atoms with van der Waals surface area (Å²) < 4.78 is 10.4. The van der Waals surface area contributed by atoms with Crippen LogP contribution < -0.4 is 4.74 Å². The lowest BCUT2D eigenvalue weighted by Gasteiger charge is -2.01. The van der Waals surface area contributed by atoms with Crippen LogP contribution in [-0.4, -0.2) is 19.0 Å². The monoisotopic (exact) mass is 293 g/mol. The van der Waals surface area contributed by atoms with E-state index in [-0.39, 0.29) is 0 Å². The number of rotatable bonds is 3. The molecule has 0 bridgehead atoms. The first-order valence-corrected chi connectivity index (χ1v) is 6.90. The van der Waals surface area contributed by atoms with E-state index in [1.165, 1.54) is 0 Å². The Morgan fingerprint density at radius 2 is 1.82 bits per heavy atom. The quantitative estimate of drug-likeness (QED) is 0.644. The van der Waals surface area contributed by atoms with Gasteiger partial charge in [-0.15, -0.1) is 0 Å². The van der Waals surface area contributed by atoms with Gasteiger partial charge in [0.05, 0.1) is 7.11 Å². The van der Waals surface area contributed by atoms with Crippen LogP contribution in [0, 0.1) is 6.92 Å². The molecule has 0 spiro atoms. The van der Waals surface area contributed by atoms with Crippen molar-refractivity contribution in [2.75, 3.05) is 7.11 Å². The van der Waals surface area contributed by atoms with Gasteiger partial charge in [0.2, 0.25) is 5.90 Å². The summed E-state index contributed by atoms with van der Waals surface area (Å²) in [4.78, 5) is 16.3. The summed E-state index contributed by atoms with van der Waals surface area (Å²) in [5, 5.41) is 0. The van der Waals surface area contributed by atoms with Crippen LogP contribution in [0.1, 0.15) is 16.7 Å². The summed E-state index contributed by atoms with van der Waals surface area (Å²) in [7, 11) is 1.60. The van der Waals surface area contributed by atoms with E-state index in [4.69, 9.17) is 9.47 Å². The van der Waals surface area contributed by atoms with Crippen LogP contribution in [0.5, 0.6) is 5.75 Å². The van der Waals surface area contributed by atoms with Crippen molar-refractivity contribution in [1.29, 1.82) is 0 Å². The molecular weight excluding hydrogens is 278 g/mol. The van der Waals surface area contributed by atoms with E-state index in [1.807, 2.05) is 43.3 Å². The van der Waals surface area contributed by atoms with Crippen LogP contribution in [0.25, 0.3) is 6.08 Å². The molecule has 0 atom stereocenters. The van der Waals surface area contributed by atoms with Crippen molar-refractivity contribution in [1.82, 2.24) is 0 Å². The third-order valence-corrected chi connectivity index (χ3v) is 3.44. The number of carbonyl (C=O) groups is 1. The number of benzene rings is 2. The molecule has 1 aliphatic rings. The molecule has 1 heterocycles. The highest BCUT2D eigenvalue weighted by Crippen LogP contribution is 2.21. The van der Waals surface area contributed by atoms with E-state index in [2.05, 4.69) is 4.99 Å². The molecule has 2 aromatic carbocycles. The number of aliphatic imine (C=N–C) groups is 1. The van der Waals surface area contributed by atoms with Crippen LogP contribution in [-0.2, 0) is 9.53 Å². The van der Waals surface area contributed by atoms with Gasteiger partial charge in [-0.05, 0) is 48.4 Å². The van der Waals surface area contributed by atoms with E-state index in [1.54, 1.807) is 25.3 Å². The van der Waals surface area contributed by atoms with Gasteiger partial charge in [0.1, 0.15) is 5.75 Å². The SMILES string of the molecule is COc1ccc(C2=N/C(=C\c3ccccc3C)C(=O)O2)cc1. The number of ether oxygens (including phenoxy) is 2. The fraction of sp³-hybridized carbons (Fsp3) is 0.111. The van der Waals surface area contributed by atoms with Crippen LogP contribution in [0.2, 0.25) is 0 Å². The molecule has 2 aromatic rings. The first kappa shape index (κ1) is 14.1. The largest absolute Gasteiger partial charge is 0.497 e. The van der Waals surface area contributed by atoms with Crippen LogP contribution in [0.3, 0.4) is 0 Å². The Morgan fingerprint density at radius 1 is 1.09 bits per heavy atom. The minimum Gasteiger partial charge on any atom is -0.497 e. The lowest BCUT2D eigenvalue weighted by Crippen LogP contribution is -2.05. The molecule has 0 unspecified atom stereocenters. The minimum atomic E-state index is -0.436. The maximum absolute atomic E-state index is 12.0. The van der Waals surface area contributed by atoms with Crippen LogP contribution in [0.4, 0.5) is 0 Å². The van der Waals surface area contributed by atoms with Gasteiger partial charge >= 0.3 is 5.97 Å². The zero-order valence-corrected chi connectivity index (χ0v) is 12.4. The molecule has 3 rings (SSSR count). The van der Waals surface area contributed by atoms with Crippen LogP contribution in [0.15, 0.2) is 59.2 Å². The molecule has 0 saturated carbocycles. The second-order valence-corrected chi connectivity index (χ2v) is 4.92. The molecule has 0 radical (unpaired) electrons. The third kappa shape index (κ3) is 2.76. The maximum atomic E-state index is 12.0. The smallest absolute Gasteiger partial charge is 0.363 e. The molecule has 0 N–H and O–H groups in total. The Balaban J connectivity index is 1.92. The standard InChI is InChI=1S/C18H15NO3/c1-12-5-3-4-6-14(12)11-16-18(20)22-17(19-16)13-7-9-15(21-2)10-8-13/h3-11H,1-2H3/b16-11-. The zero-order chi connectivity index (χ0) is 15.5. The molecular formula is C18H15NO3. The summed E-state index contributed by atoms with van der Waals surface area (Å²) in [6.07, 6.45) is 1.74. The predicted octanol–water partition coefficient (Wildman–Crippen LogP) is 3.35. The summed E-state index contributed by atoms with van der Waals surface area (Å²) in [5.41, 5.74) is 3.08. The lowest BCUT2D eigenvalue weighted by molar-refractivity contribution is -0.129. The van der Waals surface area contributed by atoms with Crippen molar-refractivity contribution < 1.29 is 14.3 Å². The molecule has 4 nitrogen and oxygen atoms in total. The molecule has 0 saturated heterocycles. The highest BCUT2D eigenvalue weighted by molar-refractivity contribution is 6.12. The highest BCUT2D eigenvalue weighted by Gasteiger charge is 2.24. The molecule has 0 fully saturated rings. The Hall–Kier alpha value is -2.88. The van der Waals surface area contributed by atoms with Crippen molar-refractivity contribution >= 4 is 17.9 Å². The normalized spacial score (nSPS) is 15.6. The second kappa shape index (κ2) is 5.85. The van der Waals surface area contributed by atoms with Crippen molar-refractivity contribution in [3.05, 3.63) is 70.9 Å². The van der Waals surface area contributed by atoms with E-state index >= 15 is 0 Å². The van der Waals surface area contributed by atoms with Gasteiger partial charge in [0, 0.05) is 5.56 Å². The van der Waals surface area contributed by atoms with E-state index in [0.29, 0.717) is 11.6 Å². The van der Waals surface area contributed by atoms with Gasteiger partial charge in [0.25, 0.3) is 0 Å². The van der Waals surface area contributed by atoms with Gasteiger partial charge in [-0.2, -0.15) is 0 Å².